The number of anilines is 2. The van der Waals surface area contributed by atoms with E-state index in [0.29, 0.717) is 17.2 Å². The third kappa shape index (κ3) is 3.26. The molecule has 3 nitrogen and oxygen atoms in total. The van der Waals surface area contributed by atoms with Gasteiger partial charge in [-0.25, -0.2) is 0 Å². The Kier molecular flexibility index (Phi) is 4.04. The molecule has 0 aliphatic heterocycles. The quantitative estimate of drug-likeness (QED) is 0.819. The van der Waals surface area contributed by atoms with Crippen LogP contribution in [0.5, 0.6) is 0 Å². The lowest BCUT2D eigenvalue weighted by Crippen LogP contribution is -2.11. The second kappa shape index (κ2) is 5.92. The summed E-state index contributed by atoms with van der Waals surface area (Å²) in [5, 5.41) is 12.2. The number of rotatable bonds is 4. The van der Waals surface area contributed by atoms with E-state index in [2.05, 4.69) is 30.4 Å². The summed E-state index contributed by atoms with van der Waals surface area (Å²) in [4.78, 5) is 0. The maximum Gasteiger partial charge on any atom is 0.0992 e. The maximum atomic E-state index is 8.89. The zero-order valence-electron chi connectivity index (χ0n) is 10.9. The minimum atomic E-state index is 0.381. The molecule has 3 N–H and O–H groups in total. The Morgan fingerprint density at radius 1 is 1.21 bits per heavy atom. The number of nitrogens with two attached hydrogens (primary N) is 1. The van der Waals surface area contributed by atoms with Crippen molar-refractivity contribution < 1.29 is 0 Å². The van der Waals surface area contributed by atoms with Crippen LogP contribution >= 0.6 is 0 Å². The van der Waals surface area contributed by atoms with Gasteiger partial charge in [0.2, 0.25) is 0 Å². The van der Waals surface area contributed by atoms with Crippen molar-refractivity contribution in [3.05, 3.63) is 59.7 Å². The molecule has 0 fully saturated rings. The van der Waals surface area contributed by atoms with Crippen molar-refractivity contribution in [3.63, 3.8) is 0 Å². The zero-order valence-corrected chi connectivity index (χ0v) is 10.9. The molecule has 1 unspecified atom stereocenters. The van der Waals surface area contributed by atoms with Crippen LogP contribution in [0.3, 0.4) is 0 Å². The molecule has 19 heavy (non-hydrogen) atoms. The van der Waals surface area contributed by atoms with Gasteiger partial charge in [-0.3, -0.25) is 0 Å². The number of nitrogens with one attached hydrogen (secondary N) is 1. The highest BCUT2D eigenvalue weighted by Gasteiger charge is 2.06. The summed E-state index contributed by atoms with van der Waals surface area (Å²) < 4.78 is 0. The predicted molar refractivity (Wildman–Crippen MR) is 78.9 cm³/mol. The van der Waals surface area contributed by atoms with Gasteiger partial charge in [0, 0.05) is 6.54 Å². The van der Waals surface area contributed by atoms with Crippen LogP contribution in [-0.2, 0) is 0 Å². The minimum absolute atomic E-state index is 0.381. The summed E-state index contributed by atoms with van der Waals surface area (Å²) in [7, 11) is 0. The Morgan fingerprint density at radius 3 is 2.63 bits per heavy atom. The summed E-state index contributed by atoms with van der Waals surface area (Å²) in [5.41, 5.74) is 9.28. The van der Waals surface area contributed by atoms with Crippen molar-refractivity contribution >= 4 is 11.4 Å². The highest BCUT2D eigenvalue weighted by atomic mass is 14.9. The van der Waals surface area contributed by atoms with Crippen molar-refractivity contribution in [3.8, 4) is 6.07 Å². The molecule has 3 heteroatoms. The molecule has 0 amide bonds. The van der Waals surface area contributed by atoms with Crippen molar-refractivity contribution in [1.29, 1.82) is 5.26 Å². The summed E-state index contributed by atoms with van der Waals surface area (Å²) in [5.74, 6) is 0.381. The van der Waals surface area contributed by atoms with Crippen LogP contribution < -0.4 is 11.1 Å². The molecular formula is C16H17N3. The predicted octanol–water partition coefficient (Wildman–Crippen LogP) is 3.36. The van der Waals surface area contributed by atoms with E-state index in [1.54, 1.807) is 18.2 Å². The molecule has 0 saturated heterocycles. The van der Waals surface area contributed by atoms with Crippen molar-refractivity contribution in [2.75, 3.05) is 17.6 Å². The summed E-state index contributed by atoms with van der Waals surface area (Å²) in [6.45, 7) is 2.94. The van der Waals surface area contributed by atoms with E-state index in [9.17, 15) is 0 Å². The number of nitrogens with zero attached hydrogens (tertiary/aromatic N) is 1. The number of benzene rings is 2. The Labute approximate surface area is 113 Å². The molecule has 0 aromatic heterocycles. The van der Waals surface area contributed by atoms with Gasteiger partial charge in [-0.2, -0.15) is 5.26 Å². The van der Waals surface area contributed by atoms with E-state index in [1.165, 1.54) is 5.56 Å². The molecule has 0 spiro atoms. The molecule has 96 valence electrons. The average molecular weight is 251 g/mol. The van der Waals surface area contributed by atoms with Crippen LogP contribution in [-0.4, -0.2) is 6.54 Å². The SMILES string of the molecule is CC(CNc1cc(C#N)ccc1N)c1ccccc1. The summed E-state index contributed by atoms with van der Waals surface area (Å²) in [6, 6.07) is 17.7. The van der Waals surface area contributed by atoms with Gasteiger partial charge in [0.15, 0.2) is 0 Å². The summed E-state index contributed by atoms with van der Waals surface area (Å²) >= 11 is 0. The molecule has 1 atom stereocenters. The molecule has 2 rings (SSSR count). The van der Waals surface area contributed by atoms with Gasteiger partial charge in [0.05, 0.1) is 23.0 Å². The molecule has 0 radical (unpaired) electrons. The normalized spacial score (nSPS) is 11.6. The molecule has 2 aromatic rings. The Hall–Kier alpha value is -2.47. The van der Waals surface area contributed by atoms with E-state index in [-0.39, 0.29) is 0 Å². The first-order chi connectivity index (χ1) is 9.20. The lowest BCUT2D eigenvalue weighted by Gasteiger charge is -2.15. The van der Waals surface area contributed by atoms with E-state index < -0.39 is 0 Å². The largest absolute Gasteiger partial charge is 0.397 e. The van der Waals surface area contributed by atoms with Crippen molar-refractivity contribution in [1.82, 2.24) is 0 Å². The molecular weight excluding hydrogens is 234 g/mol. The fourth-order valence-electron chi connectivity index (χ4n) is 1.94. The number of hydrogen-bond donors (Lipinski definition) is 2. The fraction of sp³-hybridized carbons (Fsp3) is 0.188. The Bertz CT molecular complexity index is 585. The van der Waals surface area contributed by atoms with Gasteiger partial charge < -0.3 is 11.1 Å². The van der Waals surface area contributed by atoms with Gasteiger partial charge in [0.1, 0.15) is 0 Å². The Morgan fingerprint density at radius 2 is 1.95 bits per heavy atom. The molecule has 0 bridgehead atoms. The highest BCUT2D eigenvalue weighted by Crippen LogP contribution is 2.22. The third-order valence-electron chi connectivity index (χ3n) is 3.15. The summed E-state index contributed by atoms with van der Waals surface area (Å²) in [6.07, 6.45) is 0. The van der Waals surface area contributed by atoms with Crippen LogP contribution in [0.25, 0.3) is 0 Å². The van der Waals surface area contributed by atoms with Crippen molar-refractivity contribution in [2.24, 2.45) is 0 Å². The monoisotopic (exact) mass is 251 g/mol. The van der Waals surface area contributed by atoms with Crippen LogP contribution in [0.15, 0.2) is 48.5 Å². The first kappa shape index (κ1) is 13.0. The smallest absolute Gasteiger partial charge is 0.0992 e. The van der Waals surface area contributed by atoms with Crippen LogP contribution in [0, 0.1) is 11.3 Å². The minimum Gasteiger partial charge on any atom is -0.397 e. The first-order valence-electron chi connectivity index (χ1n) is 6.29. The van der Waals surface area contributed by atoms with Gasteiger partial charge in [0.25, 0.3) is 0 Å². The average Bonchev–Trinajstić information content (AvgIpc) is 2.47. The van der Waals surface area contributed by atoms with Gasteiger partial charge in [-0.15, -0.1) is 0 Å². The molecule has 0 aliphatic rings. The van der Waals surface area contributed by atoms with Gasteiger partial charge in [-0.05, 0) is 29.7 Å². The van der Waals surface area contributed by atoms with Crippen molar-refractivity contribution in [2.45, 2.75) is 12.8 Å². The highest BCUT2D eigenvalue weighted by molar-refractivity contribution is 5.68. The lowest BCUT2D eigenvalue weighted by atomic mass is 10.0. The first-order valence-corrected chi connectivity index (χ1v) is 6.29. The zero-order chi connectivity index (χ0) is 13.7. The third-order valence-corrected chi connectivity index (χ3v) is 3.15. The second-order valence-electron chi connectivity index (χ2n) is 4.61. The number of hydrogen-bond acceptors (Lipinski definition) is 3. The van der Waals surface area contributed by atoms with E-state index >= 15 is 0 Å². The van der Waals surface area contributed by atoms with Crippen LogP contribution in [0.1, 0.15) is 24.0 Å². The number of nitriles is 1. The second-order valence-corrected chi connectivity index (χ2v) is 4.61. The Balaban J connectivity index is 2.05. The topological polar surface area (TPSA) is 61.8 Å². The van der Waals surface area contributed by atoms with Gasteiger partial charge >= 0.3 is 0 Å². The van der Waals surface area contributed by atoms with E-state index in [4.69, 9.17) is 11.0 Å². The van der Waals surface area contributed by atoms with Crippen LogP contribution in [0.4, 0.5) is 11.4 Å². The molecule has 0 saturated carbocycles. The molecule has 0 aliphatic carbocycles. The maximum absolute atomic E-state index is 8.89. The van der Waals surface area contributed by atoms with Crippen LogP contribution in [0.2, 0.25) is 0 Å². The van der Waals surface area contributed by atoms with E-state index in [0.717, 1.165) is 12.2 Å². The fourth-order valence-corrected chi connectivity index (χ4v) is 1.94. The van der Waals surface area contributed by atoms with E-state index in [1.807, 2.05) is 18.2 Å². The lowest BCUT2D eigenvalue weighted by molar-refractivity contribution is 0.805. The molecule has 0 heterocycles. The van der Waals surface area contributed by atoms with Gasteiger partial charge in [-0.1, -0.05) is 37.3 Å². The molecule has 2 aromatic carbocycles. The standard InChI is InChI=1S/C16H17N3/c1-12(14-5-3-2-4-6-14)11-19-16-9-13(10-17)7-8-15(16)18/h2-9,12,19H,11,18H2,1H3. The number of nitrogen functional groups attached to an aromatic ring is 1.